The summed E-state index contributed by atoms with van der Waals surface area (Å²) in [7, 11) is 2.05. The van der Waals surface area contributed by atoms with E-state index < -0.39 is 25.2 Å². The highest BCUT2D eigenvalue weighted by atomic mass is 35.7. The molecule has 0 atom stereocenters. The van der Waals surface area contributed by atoms with Crippen LogP contribution in [0, 0.1) is 6.92 Å². The maximum atomic E-state index is 11.3. The van der Waals surface area contributed by atoms with Crippen LogP contribution >= 0.6 is 10.7 Å². The largest absolute Gasteiger partial charge is 0.328 e. The molecule has 0 bridgehead atoms. The molecule has 0 aromatic carbocycles. The standard InChI is InChI=1S/C6H7ClN2O4S/c1-3-4(14(7,12)13)5(10)9(2)6(11)8-3/h1-2H3,(H,8,11). The predicted octanol–water partition coefficient (Wildman–Crippen LogP) is -0.690. The molecular weight excluding hydrogens is 232 g/mol. The van der Waals surface area contributed by atoms with Crippen LogP contribution in [0.15, 0.2) is 14.5 Å². The Bertz CT molecular complexity index is 583. The highest BCUT2D eigenvalue weighted by molar-refractivity contribution is 8.13. The van der Waals surface area contributed by atoms with E-state index in [9.17, 15) is 18.0 Å². The van der Waals surface area contributed by atoms with Gasteiger partial charge in [-0.25, -0.2) is 13.2 Å². The highest BCUT2D eigenvalue weighted by Gasteiger charge is 2.20. The van der Waals surface area contributed by atoms with E-state index in [0.717, 1.165) is 7.05 Å². The van der Waals surface area contributed by atoms with Crippen molar-refractivity contribution in [3.8, 4) is 0 Å². The summed E-state index contributed by atoms with van der Waals surface area (Å²) in [5, 5.41) is 0. The Kier molecular flexibility index (Phi) is 2.55. The van der Waals surface area contributed by atoms with Gasteiger partial charge in [-0.1, -0.05) is 0 Å². The second-order valence-electron chi connectivity index (χ2n) is 2.69. The average Bonchev–Trinajstić information content (AvgIpc) is 1.97. The predicted molar refractivity (Wildman–Crippen MR) is 50.1 cm³/mol. The number of aryl methyl sites for hydroxylation is 1. The Labute approximate surface area is 83.6 Å². The maximum Gasteiger partial charge on any atom is 0.328 e. The smallest absolute Gasteiger partial charge is 0.310 e. The van der Waals surface area contributed by atoms with Crippen LogP contribution in [0.2, 0.25) is 0 Å². The lowest BCUT2D eigenvalue weighted by Gasteiger charge is -2.02. The fourth-order valence-electron chi connectivity index (χ4n) is 0.993. The minimum absolute atomic E-state index is 0.0619. The second kappa shape index (κ2) is 3.25. The van der Waals surface area contributed by atoms with Crippen molar-refractivity contribution in [2.45, 2.75) is 11.8 Å². The first-order valence-corrected chi connectivity index (χ1v) is 5.80. The van der Waals surface area contributed by atoms with E-state index in [0.29, 0.717) is 4.57 Å². The fraction of sp³-hybridized carbons (Fsp3) is 0.333. The molecule has 0 unspecified atom stereocenters. The summed E-state index contributed by atoms with van der Waals surface area (Å²) in [4.78, 5) is 23.9. The van der Waals surface area contributed by atoms with Crippen molar-refractivity contribution in [2.24, 2.45) is 7.05 Å². The van der Waals surface area contributed by atoms with Crippen LogP contribution in [0.3, 0.4) is 0 Å². The summed E-state index contributed by atoms with van der Waals surface area (Å²) in [5.41, 5.74) is -1.68. The Morgan fingerprint density at radius 1 is 1.36 bits per heavy atom. The van der Waals surface area contributed by atoms with E-state index in [2.05, 4.69) is 4.98 Å². The van der Waals surface area contributed by atoms with Crippen molar-refractivity contribution in [3.63, 3.8) is 0 Å². The number of aromatic nitrogens is 2. The summed E-state index contributed by atoms with van der Waals surface area (Å²) in [6, 6.07) is 0. The summed E-state index contributed by atoms with van der Waals surface area (Å²) in [5.74, 6) is 0. The zero-order valence-electron chi connectivity index (χ0n) is 7.37. The third-order valence-corrected chi connectivity index (χ3v) is 3.11. The number of nitrogens with zero attached hydrogens (tertiary/aromatic N) is 1. The van der Waals surface area contributed by atoms with Crippen LogP contribution in [0.25, 0.3) is 0 Å². The van der Waals surface area contributed by atoms with Crippen LogP contribution in [-0.2, 0) is 16.1 Å². The minimum atomic E-state index is -4.13. The molecule has 6 nitrogen and oxygen atoms in total. The van der Waals surface area contributed by atoms with Crippen LogP contribution < -0.4 is 11.2 Å². The van der Waals surface area contributed by atoms with E-state index in [1.807, 2.05) is 0 Å². The molecule has 0 saturated carbocycles. The van der Waals surface area contributed by atoms with E-state index in [-0.39, 0.29) is 5.69 Å². The van der Waals surface area contributed by atoms with Crippen molar-refractivity contribution >= 4 is 19.7 Å². The molecule has 1 heterocycles. The second-order valence-corrected chi connectivity index (χ2v) is 5.19. The first kappa shape index (κ1) is 11.0. The van der Waals surface area contributed by atoms with Gasteiger partial charge in [0.2, 0.25) is 0 Å². The van der Waals surface area contributed by atoms with Crippen molar-refractivity contribution in [2.75, 3.05) is 0 Å². The Morgan fingerprint density at radius 2 is 1.86 bits per heavy atom. The summed E-state index contributed by atoms with van der Waals surface area (Å²) < 4.78 is 22.6. The Balaban J connectivity index is 3.90. The van der Waals surface area contributed by atoms with Gasteiger partial charge < -0.3 is 4.98 Å². The van der Waals surface area contributed by atoms with Gasteiger partial charge in [0.1, 0.15) is 0 Å². The van der Waals surface area contributed by atoms with Gasteiger partial charge in [0.05, 0.1) is 0 Å². The van der Waals surface area contributed by atoms with Gasteiger partial charge >= 0.3 is 5.69 Å². The molecule has 0 aliphatic rings. The number of rotatable bonds is 1. The number of aromatic amines is 1. The quantitative estimate of drug-likeness (QED) is 0.656. The molecule has 0 aliphatic carbocycles. The lowest BCUT2D eigenvalue weighted by Crippen LogP contribution is -2.36. The normalized spacial score (nSPS) is 11.6. The van der Waals surface area contributed by atoms with Crippen molar-refractivity contribution in [1.82, 2.24) is 9.55 Å². The number of halogens is 1. The maximum absolute atomic E-state index is 11.3. The number of hydrogen-bond donors (Lipinski definition) is 1. The van der Waals surface area contributed by atoms with Gasteiger partial charge in [-0.2, -0.15) is 0 Å². The molecule has 0 radical (unpaired) electrons. The third kappa shape index (κ3) is 1.73. The first-order chi connectivity index (χ1) is 6.25. The summed E-state index contributed by atoms with van der Waals surface area (Å²) in [6.07, 6.45) is 0. The van der Waals surface area contributed by atoms with E-state index in [4.69, 9.17) is 10.7 Å². The van der Waals surface area contributed by atoms with Crippen molar-refractivity contribution < 1.29 is 8.42 Å². The van der Waals surface area contributed by atoms with Gasteiger partial charge in [0.15, 0.2) is 4.90 Å². The molecule has 14 heavy (non-hydrogen) atoms. The molecule has 1 aromatic heterocycles. The molecule has 1 rings (SSSR count). The zero-order valence-corrected chi connectivity index (χ0v) is 8.94. The zero-order chi connectivity index (χ0) is 11.1. The first-order valence-electron chi connectivity index (χ1n) is 3.49. The molecule has 0 amide bonds. The number of hydrogen-bond acceptors (Lipinski definition) is 4. The molecule has 1 N–H and O–H groups in total. The summed E-state index contributed by atoms with van der Waals surface area (Å²) >= 11 is 0. The molecule has 0 fully saturated rings. The lowest BCUT2D eigenvalue weighted by atomic mass is 10.4. The van der Waals surface area contributed by atoms with Crippen LogP contribution in [0.5, 0.6) is 0 Å². The molecule has 78 valence electrons. The van der Waals surface area contributed by atoms with Gasteiger partial charge in [0.25, 0.3) is 14.6 Å². The minimum Gasteiger partial charge on any atom is -0.310 e. The van der Waals surface area contributed by atoms with Gasteiger partial charge in [0, 0.05) is 23.4 Å². The van der Waals surface area contributed by atoms with Crippen LogP contribution in [-0.4, -0.2) is 18.0 Å². The van der Waals surface area contributed by atoms with Crippen LogP contribution in [0.1, 0.15) is 5.69 Å². The fourth-order valence-corrected chi connectivity index (χ4v) is 2.30. The molecule has 0 aliphatic heterocycles. The molecule has 1 aromatic rings. The third-order valence-electron chi connectivity index (χ3n) is 1.68. The lowest BCUT2D eigenvalue weighted by molar-refractivity contribution is 0.602. The monoisotopic (exact) mass is 238 g/mol. The summed E-state index contributed by atoms with van der Waals surface area (Å²) in [6.45, 7) is 1.29. The van der Waals surface area contributed by atoms with Gasteiger partial charge in [-0.05, 0) is 6.92 Å². The van der Waals surface area contributed by atoms with E-state index in [1.165, 1.54) is 6.92 Å². The molecular formula is C6H7ClN2O4S. The highest BCUT2D eigenvalue weighted by Crippen LogP contribution is 2.11. The van der Waals surface area contributed by atoms with E-state index in [1.54, 1.807) is 0 Å². The topological polar surface area (TPSA) is 89.0 Å². The van der Waals surface area contributed by atoms with Gasteiger partial charge in [-0.15, -0.1) is 0 Å². The Morgan fingerprint density at radius 3 is 2.29 bits per heavy atom. The molecule has 0 spiro atoms. The van der Waals surface area contributed by atoms with Crippen molar-refractivity contribution in [3.05, 3.63) is 26.5 Å². The SMILES string of the molecule is Cc1[nH]c(=O)n(C)c(=O)c1S(=O)(=O)Cl. The van der Waals surface area contributed by atoms with Gasteiger partial charge in [-0.3, -0.25) is 9.36 Å². The van der Waals surface area contributed by atoms with Crippen molar-refractivity contribution in [1.29, 1.82) is 0 Å². The van der Waals surface area contributed by atoms with Crippen LogP contribution in [0.4, 0.5) is 0 Å². The Hall–Kier alpha value is -1.08. The average molecular weight is 239 g/mol. The number of nitrogens with one attached hydrogen (secondary N) is 1. The molecule has 8 heteroatoms. The number of H-pyrrole nitrogens is 1. The van der Waals surface area contributed by atoms with E-state index >= 15 is 0 Å². The molecule has 0 saturated heterocycles.